The van der Waals surface area contributed by atoms with Gasteiger partial charge in [-0.25, -0.2) is 0 Å². The van der Waals surface area contributed by atoms with E-state index in [2.05, 4.69) is 20.5 Å². The number of aromatic hydroxyl groups is 1. The summed E-state index contributed by atoms with van der Waals surface area (Å²) in [5.41, 5.74) is 0.501. The van der Waals surface area contributed by atoms with E-state index in [9.17, 15) is 0 Å². The Morgan fingerprint density at radius 1 is 1.12 bits per heavy atom. The summed E-state index contributed by atoms with van der Waals surface area (Å²) >= 11 is 0. The highest BCUT2D eigenvalue weighted by Crippen LogP contribution is 2.22. The Hall–Kier alpha value is -2.70. The van der Waals surface area contributed by atoms with E-state index in [1.807, 2.05) is 0 Å². The van der Waals surface area contributed by atoms with Crippen molar-refractivity contribution in [2.45, 2.75) is 0 Å². The first-order valence-corrected chi connectivity index (χ1v) is 4.82. The van der Waals surface area contributed by atoms with E-state index in [-0.39, 0.29) is 5.75 Å². The summed E-state index contributed by atoms with van der Waals surface area (Å²) in [5, 5.41) is 20.2. The Bertz CT molecular complexity index is 649. The van der Waals surface area contributed by atoms with Crippen molar-refractivity contribution in [3.05, 3.63) is 36.7 Å². The van der Waals surface area contributed by atoms with Crippen LogP contribution >= 0.6 is 0 Å². The van der Waals surface area contributed by atoms with Crippen molar-refractivity contribution in [3.63, 3.8) is 0 Å². The molecule has 0 spiro atoms. The lowest BCUT2D eigenvalue weighted by Gasteiger charge is -2.05. The molecular weight excluding hydrogens is 222 g/mol. The molecule has 17 heavy (non-hydrogen) atoms. The van der Waals surface area contributed by atoms with E-state index >= 15 is 0 Å². The third-order valence-corrected chi connectivity index (χ3v) is 2.14. The van der Waals surface area contributed by atoms with Crippen molar-refractivity contribution in [1.29, 1.82) is 0 Å². The van der Waals surface area contributed by atoms with Crippen LogP contribution in [0.5, 0.6) is 17.4 Å². The van der Waals surface area contributed by atoms with E-state index in [4.69, 9.17) is 9.84 Å². The molecule has 7 heteroatoms. The topological polar surface area (TPSA) is 85.4 Å². The Balaban J connectivity index is 1.99. The molecule has 0 fully saturated rings. The lowest BCUT2D eigenvalue weighted by Crippen LogP contribution is -1.96. The molecule has 0 saturated carbocycles. The first-order chi connectivity index (χ1) is 8.33. The van der Waals surface area contributed by atoms with Crippen LogP contribution in [0, 0.1) is 0 Å². The molecular formula is C10H7N5O2. The highest BCUT2D eigenvalue weighted by molar-refractivity contribution is 5.37. The molecule has 1 aromatic carbocycles. The lowest BCUT2D eigenvalue weighted by atomic mass is 10.3. The summed E-state index contributed by atoms with van der Waals surface area (Å²) in [7, 11) is 0. The Kier molecular flexibility index (Phi) is 2.08. The van der Waals surface area contributed by atoms with E-state index in [1.165, 1.54) is 29.0 Å². The number of nitrogens with zero attached hydrogens (tertiary/aromatic N) is 5. The number of fused-ring (bicyclic) bond motifs is 1. The van der Waals surface area contributed by atoms with Gasteiger partial charge in [0.2, 0.25) is 11.5 Å². The maximum atomic E-state index is 9.16. The van der Waals surface area contributed by atoms with Gasteiger partial charge in [-0.1, -0.05) is 0 Å². The molecule has 84 valence electrons. The number of rotatable bonds is 2. The van der Waals surface area contributed by atoms with Gasteiger partial charge >= 0.3 is 0 Å². The Labute approximate surface area is 95.3 Å². The number of hydrogen-bond donors (Lipinski definition) is 1. The molecule has 3 aromatic rings. The molecule has 2 aromatic heterocycles. The number of benzene rings is 1. The fourth-order valence-corrected chi connectivity index (χ4v) is 1.36. The van der Waals surface area contributed by atoms with Gasteiger partial charge in [-0.3, -0.25) is 4.98 Å². The van der Waals surface area contributed by atoms with Gasteiger partial charge in [-0.05, 0) is 34.7 Å². The van der Waals surface area contributed by atoms with Gasteiger partial charge in [0, 0.05) is 0 Å². The van der Waals surface area contributed by atoms with E-state index in [1.54, 1.807) is 12.1 Å². The van der Waals surface area contributed by atoms with Crippen LogP contribution < -0.4 is 4.74 Å². The SMILES string of the molecule is Oc1ccc(Oc2cncc3nnnn23)cc1. The summed E-state index contributed by atoms with van der Waals surface area (Å²) in [5.74, 6) is 1.14. The quantitative estimate of drug-likeness (QED) is 0.706. The van der Waals surface area contributed by atoms with E-state index < -0.39 is 0 Å². The molecule has 1 N–H and O–H groups in total. The molecule has 0 aliphatic heterocycles. The van der Waals surface area contributed by atoms with Crippen LogP contribution in [0.25, 0.3) is 5.65 Å². The van der Waals surface area contributed by atoms with Crippen LogP contribution in [0.1, 0.15) is 0 Å². The maximum Gasteiger partial charge on any atom is 0.242 e. The van der Waals surface area contributed by atoms with E-state index in [0.717, 1.165) is 0 Å². The molecule has 7 nitrogen and oxygen atoms in total. The summed E-state index contributed by atoms with van der Waals surface area (Å²) in [6.07, 6.45) is 3.04. The largest absolute Gasteiger partial charge is 0.508 e. The lowest BCUT2D eigenvalue weighted by molar-refractivity contribution is 0.437. The third kappa shape index (κ3) is 1.73. The van der Waals surface area contributed by atoms with Gasteiger partial charge < -0.3 is 9.84 Å². The molecule has 0 aliphatic rings. The zero-order chi connectivity index (χ0) is 11.7. The second-order valence-corrected chi connectivity index (χ2v) is 3.29. The van der Waals surface area contributed by atoms with Gasteiger partial charge in [-0.15, -0.1) is 5.10 Å². The second kappa shape index (κ2) is 3.71. The van der Waals surface area contributed by atoms with Crippen molar-refractivity contribution in [1.82, 2.24) is 25.0 Å². The smallest absolute Gasteiger partial charge is 0.242 e. The molecule has 0 bridgehead atoms. The van der Waals surface area contributed by atoms with Crippen LogP contribution in [0.4, 0.5) is 0 Å². The van der Waals surface area contributed by atoms with Crippen LogP contribution in [0.2, 0.25) is 0 Å². The number of aromatic nitrogens is 5. The van der Waals surface area contributed by atoms with Crippen molar-refractivity contribution in [2.75, 3.05) is 0 Å². The average molecular weight is 229 g/mol. The number of hydrogen-bond acceptors (Lipinski definition) is 6. The van der Waals surface area contributed by atoms with Crippen molar-refractivity contribution >= 4 is 5.65 Å². The molecule has 0 aliphatic carbocycles. The van der Waals surface area contributed by atoms with Gasteiger partial charge in [0.25, 0.3) is 0 Å². The van der Waals surface area contributed by atoms with Crippen LogP contribution in [-0.4, -0.2) is 30.1 Å². The van der Waals surface area contributed by atoms with Crippen LogP contribution in [0.15, 0.2) is 36.7 Å². The van der Waals surface area contributed by atoms with E-state index in [0.29, 0.717) is 17.3 Å². The normalized spacial score (nSPS) is 10.6. The fourth-order valence-electron chi connectivity index (χ4n) is 1.36. The number of phenolic OH excluding ortho intramolecular Hbond substituents is 1. The van der Waals surface area contributed by atoms with Gasteiger partial charge in [0.15, 0.2) is 0 Å². The highest BCUT2D eigenvalue weighted by Gasteiger charge is 2.05. The summed E-state index contributed by atoms with van der Waals surface area (Å²) in [4.78, 5) is 3.96. The molecule has 0 radical (unpaired) electrons. The van der Waals surface area contributed by atoms with Crippen LogP contribution in [-0.2, 0) is 0 Å². The summed E-state index contributed by atoms with van der Waals surface area (Å²) in [6.45, 7) is 0. The summed E-state index contributed by atoms with van der Waals surface area (Å²) in [6, 6.07) is 6.34. The highest BCUT2D eigenvalue weighted by atomic mass is 16.5. The first kappa shape index (κ1) is 9.52. The first-order valence-electron chi connectivity index (χ1n) is 4.82. The Morgan fingerprint density at radius 2 is 1.94 bits per heavy atom. The van der Waals surface area contributed by atoms with Gasteiger partial charge in [-0.2, -0.15) is 4.52 Å². The predicted molar refractivity (Wildman–Crippen MR) is 56.8 cm³/mol. The van der Waals surface area contributed by atoms with Crippen molar-refractivity contribution in [2.24, 2.45) is 0 Å². The minimum atomic E-state index is 0.177. The monoisotopic (exact) mass is 229 g/mol. The second-order valence-electron chi connectivity index (χ2n) is 3.29. The molecule has 0 amide bonds. The maximum absolute atomic E-state index is 9.16. The molecule has 0 unspecified atom stereocenters. The predicted octanol–water partition coefficient (Wildman–Crippen LogP) is 1.02. The summed E-state index contributed by atoms with van der Waals surface area (Å²) < 4.78 is 6.98. The molecule has 2 heterocycles. The molecule has 0 atom stereocenters. The number of phenols is 1. The van der Waals surface area contributed by atoms with Crippen LogP contribution in [0.3, 0.4) is 0 Å². The fraction of sp³-hybridized carbons (Fsp3) is 0. The van der Waals surface area contributed by atoms with Gasteiger partial charge in [0.1, 0.15) is 11.5 Å². The Morgan fingerprint density at radius 3 is 2.76 bits per heavy atom. The number of ether oxygens (including phenoxy) is 1. The molecule has 3 rings (SSSR count). The third-order valence-electron chi connectivity index (χ3n) is 2.14. The van der Waals surface area contributed by atoms with Crippen molar-refractivity contribution < 1.29 is 9.84 Å². The number of tetrazole rings is 1. The standard InChI is InChI=1S/C10H7N5O2/c16-7-1-3-8(4-2-7)17-10-6-11-5-9-12-13-14-15(9)10/h1-6,16H. The van der Waals surface area contributed by atoms with Gasteiger partial charge in [0.05, 0.1) is 12.4 Å². The minimum absolute atomic E-state index is 0.177. The zero-order valence-corrected chi connectivity index (χ0v) is 8.56. The minimum Gasteiger partial charge on any atom is -0.508 e. The van der Waals surface area contributed by atoms with Crippen molar-refractivity contribution in [3.8, 4) is 17.4 Å². The zero-order valence-electron chi connectivity index (χ0n) is 8.56. The average Bonchev–Trinajstić information content (AvgIpc) is 2.81. The molecule has 0 saturated heterocycles.